The number of fused-ring (bicyclic) bond motifs is 3. The lowest BCUT2D eigenvalue weighted by atomic mass is 10.0. The Morgan fingerprint density at radius 3 is 2.45 bits per heavy atom. The zero-order valence-corrected chi connectivity index (χ0v) is 23.8. The van der Waals surface area contributed by atoms with Gasteiger partial charge >= 0.3 is 0 Å². The van der Waals surface area contributed by atoms with Crippen LogP contribution in [-0.2, 0) is 6.42 Å². The van der Waals surface area contributed by atoms with E-state index < -0.39 is 17.5 Å². The van der Waals surface area contributed by atoms with Gasteiger partial charge in [0.2, 0.25) is 5.95 Å². The highest BCUT2D eigenvalue weighted by molar-refractivity contribution is 6.31. The van der Waals surface area contributed by atoms with E-state index in [-0.39, 0.29) is 41.7 Å². The standard InChI is InChI=1S/C31H29ClF3N7/c1-17-15-41(16-18(2)38-17)30(36)22-9-7-21(13-26(22)35)39-31-37-14-19-10-11-42(29-24(33)4-3-5-25(29)34)27-12-20(32)6-8-23(27)28(19)40-31/h3-9,12-14,17-18,36,38H,10-11,15-16H2,1-2H3,(H,37,39,40). The highest BCUT2D eigenvalue weighted by atomic mass is 35.5. The molecule has 2 aliphatic heterocycles. The molecule has 0 radical (unpaired) electrons. The number of anilines is 4. The Balaban J connectivity index is 1.30. The smallest absolute Gasteiger partial charge is 0.227 e. The van der Waals surface area contributed by atoms with Crippen LogP contribution in [0.1, 0.15) is 25.0 Å². The van der Waals surface area contributed by atoms with Crippen molar-refractivity contribution in [1.82, 2.24) is 20.2 Å². The lowest BCUT2D eigenvalue weighted by Crippen LogP contribution is -2.55. The number of benzene rings is 3. The van der Waals surface area contributed by atoms with Crippen LogP contribution in [-0.4, -0.2) is 52.4 Å². The SMILES string of the molecule is CC1CN(C(=N)c2ccc(Nc3ncc4c(n3)-c3ccc(Cl)cc3N(c3c(F)cccc3F)CC4)cc2F)CC(C)N1. The van der Waals surface area contributed by atoms with Gasteiger partial charge in [-0.05, 0) is 74.4 Å². The second kappa shape index (κ2) is 11.3. The average molecular weight is 592 g/mol. The summed E-state index contributed by atoms with van der Waals surface area (Å²) in [6, 6.07) is 13.9. The topological polar surface area (TPSA) is 80.2 Å². The summed E-state index contributed by atoms with van der Waals surface area (Å²) < 4.78 is 44.9. The van der Waals surface area contributed by atoms with Gasteiger partial charge in [0.15, 0.2) is 0 Å². The molecule has 216 valence electrons. The molecule has 0 spiro atoms. The molecular weight excluding hydrogens is 563 g/mol. The minimum absolute atomic E-state index is 0.145. The Hall–Kier alpha value is -4.15. The number of rotatable bonds is 4. The van der Waals surface area contributed by atoms with Crippen LogP contribution in [0.3, 0.4) is 0 Å². The van der Waals surface area contributed by atoms with Gasteiger partial charge in [-0.15, -0.1) is 0 Å². The Morgan fingerprint density at radius 2 is 1.74 bits per heavy atom. The number of aromatic nitrogens is 2. The molecule has 7 nitrogen and oxygen atoms in total. The first-order valence-corrected chi connectivity index (χ1v) is 14.1. The maximum absolute atomic E-state index is 15.2. The second-order valence-corrected chi connectivity index (χ2v) is 11.2. The van der Waals surface area contributed by atoms with Gasteiger partial charge in [-0.2, -0.15) is 0 Å². The molecule has 1 fully saturated rings. The molecule has 0 bridgehead atoms. The van der Waals surface area contributed by atoms with Crippen molar-refractivity contribution >= 4 is 40.4 Å². The molecule has 1 aromatic heterocycles. The van der Waals surface area contributed by atoms with Crippen LogP contribution in [0.15, 0.2) is 60.8 Å². The molecular formula is C31H29ClF3N7. The second-order valence-electron chi connectivity index (χ2n) is 10.7. The zero-order chi connectivity index (χ0) is 29.5. The van der Waals surface area contributed by atoms with Crippen LogP contribution in [0, 0.1) is 22.9 Å². The normalized spacial score (nSPS) is 18.2. The van der Waals surface area contributed by atoms with Crippen LogP contribution in [0.25, 0.3) is 11.3 Å². The van der Waals surface area contributed by atoms with E-state index in [4.69, 9.17) is 22.0 Å². The number of para-hydroxylation sites is 1. The van der Waals surface area contributed by atoms with Gasteiger partial charge in [-0.1, -0.05) is 17.7 Å². The van der Waals surface area contributed by atoms with Crippen molar-refractivity contribution in [2.24, 2.45) is 0 Å². The molecule has 42 heavy (non-hydrogen) atoms. The van der Waals surface area contributed by atoms with Crippen LogP contribution in [0.4, 0.5) is 36.2 Å². The predicted molar refractivity (Wildman–Crippen MR) is 160 cm³/mol. The molecule has 3 N–H and O–H groups in total. The minimum atomic E-state index is -0.681. The minimum Gasteiger partial charge on any atom is -0.353 e. The molecule has 4 aromatic rings. The Morgan fingerprint density at radius 1 is 1.00 bits per heavy atom. The molecule has 6 rings (SSSR count). The third kappa shape index (κ3) is 5.39. The predicted octanol–water partition coefficient (Wildman–Crippen LogP) is 6.66. The van der Waals surface area contributed by atoms with E-state index in [1.807, 2.05) is 18.7 Å². The van der Waals surface area contributed by atoms with Gasteiger partial charge < -0.3 is 20.4 Å². The molecule has 0 aliphatic carbocycles. The Bertz CT molecular complexity index is 1650. The highest BCUT2D eigenvalue weighted by Gasteiger charge is 2.28. The van der Waals surface area contributed by atoms with Crippen molar-refractivity contribution in [3.63, 3.8) is 0 Å². The van der Waals surface area contributed by atoms with Crippen molar-refractivity contribution < 1.29 is 13.2 Å². The lowest BCUT2D eigenvalue weighted by Gasteiger charge is -2.37. The molecule has 2 aliphatic rings. The molecule has 3 aromatic carbocycles. The zero-order valence-electron chi connectivity index (χ0n) is 23.1. The van der Waals surface area contributed by atoms with Crippen LogP contribution in [0.5, 0.6) is 0 Å². The van der Waals surface area contributed by atoms with Crippen LogP contribution in [0.2, 0.25) is 5.02 Å². The molecule has 11 heteroatoms. The van der Waals surface area contributed by atoms with Crippen LogP contribution >= 0.6 is 11.6 Å². The van der Waals surface area contributed by atoms with E-state index in [1.165, 1.54) is 24.3 Å². The first-order valence-electron chi connectivity index (χ1n) is 13.7. The first kappa shape index (κ1) is 28.0. The maximum Gasteiger partial charge on any atom is 0.227 e. The summed E-state index contributed by atoms with van der Waals surface area (Å²) in [5.74, 6) is -1.51. The summed E-state index contributed by atoms with van der Waals surface area (Å²) in [7, 11) is 0. The van der Waals surface area contributed by atoms with Gasteiger partial charge in [0.05, 0.1) is 16.9 Å². The van der Waals surface area contributed by atoms with E-state index in [9.17, 15) is 8.78 Å². The lowest BCUT2D eigenvalue weighted by molar-refractivity contribution is 0.254. The monoisotopic (exact) mass is 591 g/mol. The summed E-state index contributed by atoms with van der Waals surface area (Å²) in [5, 5.41) is 15.5. The van der Waals surface area contributed by atoms with Gasteiger partial charge in [0.1, 0.15) is 29.0 Å². The largest absolute Gasteiger partial charge is 0.353 e. The summed E-state index contributed by atoms with van der Waals surface area (Å²) in [6.07, 6.45) is 2.09. The quantitative estimate of drug-likeness (QED) is 0.182. The van der Waals surface area contributed by atoms with E-state index >= 15 is 4.39 Å². The van der Waals surface area contributed by atoms with Crippen molar-refractivity contribution in [3.05, 3.63) is 94.4 Å². The van der Waals surface area contributed by atoms with Gasteiger partial charge in [0.25, 0.3) is 0 Å². The number of halogens is 4. The molecule has 2 atom stereocenters. The van der Waals surface area contributed by atoms with Gasteiger partial charge in [0, 0.05) is 54.2 Å². The number of amidine groups is 1. The van der Waals surface area contributed by atoms with Crippen LogP contribution < -0.4 is 15.5 Å². The Kier molecular flexibility index (Phi) is 7.51. The Labute approximate surface area is 246 Å². The van der Waals surface area contributed by atoms with Crippen molar-refractivity contribution in [1.29, 1.82) is 5.41 Å². The number of nitrogens with zero attached hydrogens (tertiary/aromatic N) is 4. The number of piperazine rings is 1. The maximum atomic E-state index is 15.2. The van der Waals surface area contributed by atoms with Gasteiger partial charge in [-0.25, -0.2) is 23.1 Å². The van der Waals surface area contributed by atoms with Gasteiger partial charge in [-0.3, -0.25) is 5.41 Å². The van der Waals surface area contributed by atoms with Crippen molar-refractivity contribution in [3.8, 4) is 11.3 Å². The fraction of sp³-hybridized carbons (Fsp3) is 0.258. The summed E-state index contributed by atoms with van der Waals surface area (Å²) >= 11 is 6.33. The third-order valence-electron chi connectivity index (χ3n) is 7.54. The average Bonchev–Trinajstić information content (AvgIpc) is 3.09. The van der Waals surface area contributed by atoms with E-state index in [0.29, 0.717) is 47.2 Å². The molecule has 0 amide bonds. The first-order chi connectivity index (χ1) is 20.2. The van der Waals surface area contributed by atoms with E-state index in [2.05, 4.69) is 15.6 Å². The number of hydrogen-bond donors (Lipinski definition) is 3. The molecule has 3 heterocycles. The summed E-state index contributed by atoms with van der Waals surface area (Å²) in [4.78, 5) is 12.6. The van der Waals surface area contributed by atoms with E-state index in [0.717, 1.165) is 5.56 Å². The molecule has 1 saturated heterocycles. The number of nitrogens with one attached hydrogen (secondary N) is 3. The molecule has 2 unspecified atom stereocenters. The van der Waals surface area contributed by atoms with E-state index in [1.54, 1.807) is 41.4 Å². The summed E-state index contributed by atoms with van der Waals surface area (Å²) in [6.45, 7) is 5.61. The van der Waals surface area contributed by atoms with Crippen molar-refractivity contribution in [2.45, 2.75) is 32.4 Å². The molecule has 0 saturated carbocycles. The highest BCUT2D eigenvalue weighted by Crippen LogP contribution is 2.42. The fourth-order valence-electron chi connectivity index (χ4n) is 5.74. The van der Waals surface area contributed by atoms with Crippen molar-refractivity contribution in [2.75, 3.05) is 29.9 Å². The third-order valence-corrected chi connectivity index (χ3v) is 7.77. The summed E-state index contributed by atoms with van der Waals surface area (Å²) in [5.41, 5.74) is 3.00. The fourth-order valence-corrected chi connectivity index (χ4v) is 5.90. The number of hydrogen-bond acceptors (Lipinski definition) is 6.